The average Bonchev–Trinajstić information content (AvgIpc) is 3.07. The first-order chi connectivity index (χ1) is 14.2. The Morgan fingerprint density at radius 3 is 2.67 bits per heavy atom. The molecule has 0 fully saturated rings. The molecule has 3 rings (SSSR count). The van der Waals surface area contributed by atoms with Crippen LogP contribution in [-0.4, -0.2) is 24.8 Å². The van der Waals surface area contributed by atoms with Gasteiger partial charge in [-0.15, -0.1) is 11.3 Å². The lowest BCUT2D eigenvalue weighted by molar-refractivity contribution is 0.0432. The number of ether oxygens (including phenoxy) is 3. The number of hydrogen-bond acceptors (Lipinski definition) is 6. The van der Waals surface area contributed by atoms with Crippen LogP contribution < -0.4 is 10.5 Å². The van der Waals surface area contributed by atoms with E-state index in [-0.39, 0.29) is 28.0 Å². The van der Waals surface area contributed by atoms with Crippen molar-refractivity contribution < 1.29 is 27.8 Å². The zero-order valence-electron chi connectivity index (χ0n) is 15.7. The van der Waals surface area contributed by atoms with Gasteiger partial charge in [0.15, 0.2) is 17.7 Å². The maximum absolute atomic E-state index is 14.6. The average molecular weight is 477 g/mol. The minimum atomic E-state index is -0.982. The number of amides is 1. The molecule has 3 aromatic rings. The molecule has 1 amide bonds. The van der Waals surface area contributed by atoms with Crippen molar-refractivity contribution in [2.45, 2.75) is 19.1 Å². The number of primary amides is 1. The van der Waals surface area contributed by atoms with Crippen molar-refractivity contribution in [2.75, 3.05) is 13.7 Å². The summed E-state index contributed by atoms with van der Waals surface area (Å²) in [7, 11) is 1.43. The molecule has 0 aliphatic rings. The minimum Gasteiger partial charge on any atom is -0.483 e. The van der Waals surface area contributed by atoms with Gasteiger partial charge < -0.3 is 19.9 Å². The number of fused-ring (bicyclic) bond motifs is 1. The molecule has 2 N–H and O–H groups in total. The van der Waals surface area contributed by atoms with Crippen LogP contribution in [0.25, 0.3) is 10.2 Å². The summed E-state index contributed by atoms with van der Waals surface area (Å²) in [5.74, 6) is -1.44. The molecule has 0 aliphatic carbocycles. The first-order valence-electron chi connectivity index (χ1n) is 8.56. The van der Waals surface area contributed by atoms with E-state index in [4.69, 9.17) is 43.1 Å². The number of thiazole rings is 1. The summed E-state index contributed by atoms with van der Waals surface area (Å²) in [5, 5.41) is 0.385. The third kappa shape index (κ3) is 4.75. The van der Waals surface area contributed by atoms with E-state index in [9.17, 15) is 13.6 Å². The van der Waals surface area contributed by atoms with Gasteiger partial charge in [-0.1, -0.05) is 23.2 Å². The van der Waals surface area contributed by atoms with Gasteiger partial charge in [-0.2, -0.15) is 0 Å². The highest BCUT2D eigenvalue weighted by molar-refractivity contribution is 7.18. The standard InChI is InChI=1S/C19H16Cl2F2N2O4S/c1-8(16-9(20)3-4-10(22)17(16)21)28-13-6-15-12(5-11(13)23)25-18(30-15)14(7-27-2)29-19(24)26/h3-6,8,14H,7H2,1-2H3,(H2,24,26). The number of hydrogen-bond donors (Lipinski definition) is 1. The second-order valence-electron chi connectivity index (χ2n) is 6.20. The zero-order chi connectivity index (χ0) is 22.0. The quantitative estimate of drug-likeness (QED) is 0.435. The summed E-state index contributed by atoms with van der Waals surface area (Å²) in [6.07, 6.45) is -2.65. The van der Waals surface area contributed by atoms with E-state index in [1.807, 2.05) is 0 Å². The van der Waals surface area contributed by atoms with Crippen LogP contribution in [-0.2, 0) is 9.47 Å². The molecular weight excluding hydrogens is 461 g/mol. The number of benzene rings is 2. The normalized spacial score (nSPS) is 13.3. The van der Waals surface area contributed by atoms with Crippen LogP contribution >= 0.6 is 34.5 Å². The molecule has 0 spiro atoms. The smallest absolute Gasteiger partial charge is 0.405 e. The van der Waals surface area contributed by atoms with Gasteiger partial charge in [-0.25, -0.2) is 18.6 Å². The molecule has 2 atom stereocenters. The third-order valence-electron chi connectivity index (χ3n) is 4.10. The summed E-state index contributed by atoms with van der Waals surface area (Å²) < 4.78 is 44.7. The molecule has 2 aromatic carbocycles. The van der Waals surface area contributed by atoms with Crippen LogP contribution in [0, 0.1) is 11.6 Å². The summed E-state index contributed by atoms with van der Waals surface area (Å²) in [5.41, 5.74) is 5.62. The van der Waals surface area contributed by atoms with Crippen LogP contribution in [0.4, 0.5) is 13.6 Å². The Hall–Kier alpha value is -2.20. The predicted octanol–water partition coefficient (Wildman–Crippen LogP) is 5.80. The maximum Gasteiger partial charge on any atom is 0.405 e. The minimum absolute atomic E-state index is 0.0300. The molecular formula is C19H16Cl2F2N2O4S. The largest absolute Gasteiger partial charge is 0.483 e. The molecule has 6 nitrogen and oxygen atoms in total. The van der Waals surface area contributed by atoms with Gasteiger partial charge in [-0.3, -0.25) is 0 Å². The SMILES string of the molecule is COCC(OC(N)=O)c1nc2cc(F)c(OC(C)c3c(Cl)ccc(F)c3Cl)cc2s1. The topological polar surface area (TPSA) is 83.7 Å². The predicted molar refractivity (Wildman–Crippen MR) is 110 cm³/mol. The van der Waals surface area contributed by atoms with Gasteiger partial charge in [0.1, 0.15) is 16.9 Å². The van der Waals surface area contributed by atoms with E-state index in [1.165, 1.54) is 25.3 Å². The lowest BCUT2D eigenvalue weighted by Gasteiger charge is -2.18. The van der Waals surface area contributed by atoms with Gasteiger partial charge in [0, 0.05) is 29.8 Å². The number of rotatable bonds is 7. The fourth-order valence-electron chi connectivity index (χ4n) is 2.79. The first kappa shape index (κ1) is 22.5. The highest BCUT2D eigenvalue weighted by Crippen LogP contribution is 2.38. The van der Waals surface area contributed by atoms with Gasteiger partial charge in [0.05, 0.1) is 21.8 Å². The van der Waals surface area contributed by atoms with Crippen molar-refractivity contribution >= 4 is 50.8 Å². The molecule has 2 unspecified atom stereocenters. The van der Waals surface area contributed by atoms with Crippen LogP contribution in [0.2, 0.25) is 10.0 Å². The Labute approximate surface area is 184 Å². The van der Waals surface area contributed by atoms with Crippen molar-refractivity contribution in [3.8, 4) is 5.75 Å². The molecule has 0 saturated carbocycles. The van der Waals surface area contributed by atoms with Gasteiger partial charge in [0.25, 0.3) is 0 Å². The maximum atomic E-state index is 14.6. The van der Waals surface area contributed by atoms with Crippen molar-refractivity contribution in [1.29, 1.82) is 0 Å². The number of nitrogens with zero attached hydrogens (tertiary/aromatic N) is 1. The van der Waals surface area contributed by atoms with Crippen LogP contribution in [0.1, 0.15) is 29.7 Å². The Kier molecular flexibility index (Phi) is 6.97. The molecule has 0 radical (unpaired) electrons. The Bertz CT molecular complexity index is 1100. The van der Waals surface area contributed by atoms with E-state index in [1.54, 1.807) is 6.92 Å². The van der Waals surface area contributed by atoms with Crippen molar-refractivity contribution in [1.82, 2.24) is 4.98 Å². The monoisotopic (exact) mass is 476 g/mol. The van der Waals surface area contributed by atoms with Crippen LogP contribution in [0.3, 0.4) is 0 Å². The summed E-state index contributed by atoms with van der Waals surface area (Å²) in [6, 6.07) is 5.11. The highest BCUT2D eigenvalue weighted by Gasteiger charge is 2.23. The number of methoxy groups -OCH3 is 1. The molecule has 30 heavy (non-hydrogen) atoms. The van der Waals surface area contributed by atoms with E-state index < -0.39 is 29.9 Å². The van der Waals surface area contributed by atoms with Crippen molar-refractivity contribution in [3.05, 3.63) is 56.5 Å². The van der Waals surface area contributed by atoms with Crippen LogP contribution in [0.5, 0.6) is 5.75 Å². The summed E-state index contributed by atoms with van der Waals surface area (Å²) in [4.78, 5) is 15.4. The Morgan fingerprint density at radius 1 is 1.27 bits per heavy atom. The fraction of sp³-hybridized carbons (Fsp3) is 0.263. The number of nitrogens with two attached hydrogens (primary N) is 1. The molecule has 0 saturated heterocycles. The number of carbonyl (C=O) groups is 1. The summed E-state index contributed by atoms with van der Waals surface area (Å²) in [6.45, 7) is 1.60. The van der Waals surface area contributed by atoms with Crippen molar-refractivity contribution in [2.24, 2.45) is 5.73 Å². The second-order valence-corrected chi connectivity index (χ2v) is 8.05. The highest BCUT2D eigenvalue weighted by atomic mass is 35.5. The zero-order valence-corrected chi connectivity index (χ0v) is 18.1. The molecule has 1 aromatic heterocycles. The molecule has 160 valence electrons. The van der Waals surface area contributed by atoms with E-state index in [0.717, 1.165) is 17.4 Å². The van der Waals surface area contributed by atoms with Gasteiger partial charge in [-0.05, 0) is 19.1 Å². The van der Waals surface area contributed by atoms with Crippen LogP contribution in [0.15, 0.2) is 24.3 Å². The Morgan fingerprint density at radius 2 is 2.00 bits per heavy atom. The van der Waals surface area contributed by atoms with Gasteiger partial charge >= 0.3 is 6.09 Å². The lowest BCUT2D eigenvalue weighted by Crippen LogP contribution is -2.20. The summed E-state index contributed by atoms with van der Waals surface area (Å²) >= 11 is 13.3. The van der Waals surface area contributed by atoms with Crippen molar-refractivity contribution in [3.63, 3.8) is 0 Å². The molecule has 11 heteroatoms. The molecule has 0 bridgehead atoms. The number of carbonyl (C=O) groups excluding carboxylic acids is 1. The molecule has 0 aliphatic heterocycles. The van der Waals surface area contributed by atoms with E-state index in [2.05, 4.69) is 4.98 Å². The second kappa shape index (κ2) is 9.30. The number of aromatic nitrogens is 1. The van der Waals surface area contributed by atoms with E-state index in [0.29, 0.717) is 15.2 Å². The Balaban J connectivity index is 1.93. The third-order valence-corrected chi connectivity index (χ3v) is 5.92. The lowest BCUT2D eigenvalue weighted by atomic mass is 10.1. The van der Waals surface area contributed by atoms with Gasteiger partial charge in [0.2, 0.25) is 0 Å². The van der Waals surface area contributed by atoms with E-state index >= 15 is 0 Å². The number of halogens is 4. The first-order valence-corrected chi connectivity index (χ1v) is 10.1. The molecule has 1 heterocycles. The fourth-order valence-corrected chi connectivity index (χ4v) is 4.46.